The zero-order valence-electron chi connectivity index (χ0n) is 18.1. The van der Waals surface area contributed by atoms with Gasteiger partial charge in [-0.05, 0) is 54.8 Å². The molecule has 7 nitrogen and oxygen atoms in total. The number of methoxy groups -OCH3 is 1. The molecule has 0 bridgehead atoms. The van der Waals surface area contributed by atoms with E-state index in [1.165, 1.54) is 6.21 Å². The maximum absolute atomic E-state index is 12.7. The molecular weight excluding hydrogens is 462 g/mol. The average Bonchev–Trinajstić information content (AvgIpc) is 2.73. The number of carbonyl (C=O) groups excluding carboxylic acids is 2. The van der Waals surface area contributed by atoms with Crippen molar-refractivity contribution in [2.24, 2.45) is 16.9 Å². The molecule has 2 aromatic carbocycles. The normalized spacial score (nSPS) is 11.9. The van der Waals surface area contributed by atoms with Crippen molar-refractivity contribution in [3.63, 3.8) is 0 Å². The first-order chi connectivity index (χ1) is 14.8. The first kappa shape index (κ1) is 24.4. The molecule has 2 rings (SSSR count). The SMILES string of the molecule is CCCOc1ccc(Br)cc1C=NNC(=O)C(C(=O)Nc1ccc(OC)cc1)C(C)C. The molecule has 2 amide bonds. The van der Waals surface area contributed by atoms with E-state index in [1.54, 1.807) is 31.4 Å². The molecule has 0 saturated heterocycles. The summed E-state index contributed by atoms with van der Waals surface area (Å²) >= 11 is 3.42. The second kappa shape index (κ2) is 12.1. The lowest BCUT2D eigenvalue weighted by Crippen LogP contribution is -2.39. The monoisotopic (exact) mass is 489 g/mol. The predicted molar refractivity (Wildman–Crippen MR) is 126 cm³/mol. The van der Waals surface area contributed by atoms with E-state index in [1.807, 2.05) is 39.0 Å². The second-order valence-electron chi connectivity index (χ2n) is 7.20. The Balaban J connectivity index is 2.06. The first-order valence-electron chi connectivity index (χ1n) is 10.1. The molecule has 0 aromatic heterocycles. The highest BCUT2D eigenvalue weighted by Crippen LogP contribution is 2.22. The van der Waals surface area contributed by atoms with Gasteiger partial charge in [-0.2, -0.15) is 5.10 Å². The molecule has 0 aliphatic carbocycles. The fraction of sp³-hybridized carbons (Fsp3) is 0.348. The largest absolute Gasteiger partial charge is 0.497 e. The molecule has 0 spiro atoms. The third-order valence-electron chi connectivity index (χ3n) is 4.40. The summed E-state index contributed by atoms with van der Waals surface area (Å²) in [6, 6.07) is 12.5. The number of rotatable bonds is 10. The van der Waals surface area contributed by atoms with Gasteiger partial charge in [0.1, 0.15) is 17.4 Å². The lowest BCUT2D eigenvalue weighted by molar-refractivity contribution is -0.134. The minimum Gasteiger partial charge on any atom is -0.497 e. The molecule has 8 heteroatoms. The average molecular weight is 490 g/mol. The summed E-state index contributed by atoms with van der Waals surface area (Å²) < 4.78 is 11.7. The Bertz CT molecular complexity index is 914. The highest BCUT2D eigenvalue weighted by Gasteiger charge is 2.30. The van der Waals surface area contributed by atoms with Crippen LogP contribution in [-0.4, -0.2) is 31.7 Å². The van der Waals surface area contributed by atoms with Crippen LogP contribution < -0.4 is 20.2 Å². The minimum atomic E-state index is -0.905. The van der Waals surface area contributed by atoms with Crippen molar-refractivity contribution < 1.29 is 19.1 Å². The number of nitrogens with one attached hydrogen (secondary N) is 2. The van der Waals surface area contributed by atoms with E-state index in [4.69, 9.17) is 9.47 Å². The fourth-order valence-corrected chi connectivity index (χ4v) is 3.20. The van der Waals surface area contributed by atoms with Gasteiger partial charge in [-0.3, -0.25) is 9.59 Å². The topological polar surface area (TPSA) is 89.0 Å². The molecule has 2 aromatic rings. The number of ether oxygens (including phenoxy) is 2. The number of hydrogen-bond acceptors (Lipinski definition) is 5. The zero-order chi connectivity index (χ0) is 22.8. The Morgan fingerprint density at radius 2 is 1.84 bits per heavy atom. The van der Waals surface area contributed by atoms with Crippen LogP contribution in [0.25, 0.3) is 0 Å². The van der Waals surface area contributed by atoms with Crippen molar-refractivity contribution in [1.29, 1.82) is 0 Å². The number of nitrogens with zero attached hydrogens (tertiary/aromatic N) is 1. The Labute approximate surface area is 191 Å². The number of halogens is 1. The molecular formula is C23H28BrN3O4. The van der Waals surface area contributed by atoms with Crippen molar-refractivity contribution in [1.82, 2.24) is 5.43 Å². The molecule has 0 aliphatic rings. The van der Waals surface area contributed by atoms with E-state index in [9.17, 15) is 9.59 Å². The lowest BCUT2D eigenvalue weighted by atomic mass is 9.94. The number of amides is 2. The standard InChI is InChI=1S/C23H28BrN3O4/c1-5-12-31-20-11-6-17(24)13-16(20)14-25-27-23(29)21(15(2)3)22(28)26-18-7-9-19(30-4)10-8-18/h6-11,13-15,21H,5,12H2,1-4H3,(H,26,28)(H,27,29). The number of hydrazone groups is 1. The van der Waals surface area contributed by atoms with Crippen molar-refractivity contribution in [2.45, 2.75) is 27.2 Å². The van der Waals surface area contributed by atoms with Gasteiger partial charge in [-0.25, -0.2) is 5.43 Å². The van der Waals surface area contributed by atoms with E-state index in [-0.39, 0.29) is 5.92 Å². The molecule has 1 unspecified atom stereocenters. The van der Waals surface area contributed by atoms with Gasteiger partial charge in [0.15, 0.2) is 0 Å². The van der Waals surface area contributed by atoms with Gasteiger partial charge in [0, 0.05) is 15.7 Å². The summed E-state index contributed by atoms with van der Waals surface area (Å²) in [6.45, 7) is 6.23. The zero-order valence-corrected chi connectivity index (χ0v) is 19.7. The molecule has 31 heavy (non-hydrogen) atoms. The van der Waals surface area contributed by atoms with Crippen molar-refractivity contribution in [3.8, 4) is 11.5 Å². The predicted octanol–water partition coefficient (Wildman–Crippen LogP) is 4.61. The number of hydrogen-bond donors (Lipinski definition) is 2. The molecule has 0 fully saturated rings. The van der Waals surface area contributed by atoms with Gasteiger partial charge in [-0.1, -0.05) is 36.7 Å². The Hall–Kier alpha value is -2.87. The van der Waals surface area contributed by atoms with Crippen LogP contribution in [0, 0.1) is 11.8 Å². The first-order valence-corrected chi connectivity index (χ1v) is 10.8. The maximum atomic E-state index is 12.7. The third kappa shape index (κ3) is 7.40. The summed E-state index contributed by atoms with van der Waals surface area (Å²) in [6.07, 6.45) is 2.38. The Kier molecular flexibility index (Phi) is 9.52. The number of benzene rings is 2. The molecule has 0 radical (unpaired) electrons. The van der Waals surface area contributed by atoms with Crippen LogP contribution in [0.15, 0.2) is 52.0 Å². The summed E-state index contributed by atoms with van der Waals surface area (Å²) in [7, 11) is 1.57. The van der Waals surface area contributed by atoms with Gasteiger partial charge in [0.05, 0.1) is 19.9 Å². The van der Waals surface area contributed by atoms with Gasteiger partial charge in [-0.15, -0.1) is 0 Å². The summed E-state index contributed by atoms with van der Waals surface area (Å²) in [5.74, 6) is -0.660. The quantitative estimate of drug-likeness (QED) is 0.289. The minimum absolute atomic E-state index is 0.220. The summed E-state index contributed by atoms with van der Waals surface area (Å²) in [4.78, 5) is 25.4. The van der Waals surface area contributed by atoms with Crippen LogP contribution in [0.1, 0.15) is 32.8 Å². The van der Waals surface area contributed by atoms with E-state index in [0.29, 0.717) is 29.4 Å². The van der Waals surface area contributed by atoms with E-state index < -0.39 is 17.7 Å². The fourth-order valence-electron chi connectivity index (χ4n) is 2.82. The molecule has 0 heterocycles. The van der Waals surface area contributed by atoms with Crippen LogP contribution in [-0.2, 0) is 9.59 Å². The maximum Gasteiger partial charge on any atom is 0.252 e. The van der Waals surface area contributed by atoms with Crippen LogP contribution in [0.3, 0.4) is 0 Å². The Morgan fingerprint density at radius 1 is 1.13 bits per heavy atom. The number of anilines is 1. The molecule has 2 N–H and O–H groups in total. The highest BCUT2D eigenvalue weighted by atomic mass is 79.9. The molecule has 0 saturated carbocycles. The van der Waals surface area contributed by atoms with Gasteiger partial charge in [0.25, 0.3) is 5.91 Å². The smallest absolute Gasteiger partial charge is 0.252 e. The van der Waals surface area contributed by atoms with Gasteiger partial charge < -0.3 is 14.8 Å². The van der Waals surface area contributed by atoms with Crippen molar-refractivity contribution in [3.05, 3.63) is 52.5 Å². The van der Waals surface area contributed by atoms with Crippen molar-refractivity contribution in [2.75, 3.05) is 19.0 Å². The third-order valence-corrected chi connectivity index (χ3v) is 4.89. The molecule has 0 aliphatic heterocycles. The summed E-state index contributed by atoms with van der Waals surface area (Å²) in [5.41, 5.74) is 3.78. The molecule has 166 valence electrons. The van der Waals surface area contributed by atoms with Crippen LogP contribution >= 0.6 is 15.9 Å². The number of carbonyl (C=O) groups is 2. The van der Waals surface area contributed by atoms with Crippen molar-refractivity contribution >= 4 is 39.6 Å². The van der Waals surface area contributed by atoms with Crippen LogP contribution in [0.2, 0.25) is 0 Å². The molecule has 1 atom stereocenters. The van der Waals surface area contributed by atoms with Gasteiger partial charge in [0.2, 0.25) is 5.91 Å². The van der Waals surface area contributed by atoms with E-state index in [2.05, 4.69) is 31.8 Å². The van der Waals surface area contributed by atoms with Crippen LogP contribution in [0.5, 0.6) is 11.5 Å². The van der Waals surface area contributed by atoms with E-state index in [0.717, 1.165) is 10.9 Å². The summed E-state index contributed by atoms with van der Waals surface area (Å²) in [5, 5.41) is 6.81. The highest BCUT2D eigenvalue weighted by molar-refractivity contribution is 9.10. The lowest BCUT2D eigenvalue weighted by Gasteiger charge is -2.18. The second-order valence-corrected chi connectivity index (χ2v) is 8.12. The van der Waals surface area contributed by atoms with Gasteiger partial charge >= 0.3 is 0 Å². The van der Waals surface area contributed by atoms with Crippen LogP contribution in [0.4, 0.5) is 5.69 Å². The van der Waals surface area contributed by atoms with E-state index >= 15 is 0 Å². The Morgan fingerprint density at radius 3 is 2.45 bits per heavy atom.